The summed E-state index contributed by atoms with van der Waals surface area (Å²) in [5.74, 6) is 1.39. The lowest BCUT2D eigenvalue weighted by Crippen LogP contribution is -2.19. The summed E-state index contributed by atoms with van der Waals surface area (Å²) in [7, 11) is 0. The van der Waals surface area contributed by atoms with Crippen LogP contribution < -0.4 is 5.32 Å². The zero-order valence-corrected chi connectivity index (χ0v) is 15.1. The molecule has 1 aromatic carbocycles. The fourth-order valence-corrected chi connectivity index (χ4v) is 3.29. The Morgan fingerprint density at radius 2 is 1.84 bits per heavy atom. The second-order valence-electron chi connectivity index (χ2n) is 5.84. The van der Waals surface area contributed by atoms with Crippen molar-refractivity contribution < 1.29 is 0 Å². The fraction of sp³-hybridized carbons (Fsp3) is 0.625. The van der Waals surface area contributed by atoms with E-state index in [4.69, 9.17) is 0 Å². The van der Waals surface area contributed by atoms with E-state index >= 15 is 0 Å². The molecule has 1 nitrogen and oxygen atoms in total. The highest BCUT2D eigenvalue weighted by molar-refractivity contribution is 9.10. The number of nitrogens with one attached hydrogen (secondary N) is 1. The van der Waals surface area contributed by atoms with Gasteiger partial charge in [0.2, 0.25) is 0 Å². The zero-order chi connectivity index (χ0) is 14.4. The molecule has 0 heterocycles. The van der Waals surface area contributed by atoms with Crippen LogP contribution in [0, 0.1) is 11.8 Å². The number of rotatable bonds is 7. The van der Waals surface area contributed by atoms with Crippen LogP contribution in [0.1, 0.15) is 40.2 Å². The molecule has 0 saturated carbocycles. The second kappa shape index (κ2) is 8.33. The Hall–Kier alpha value is 0.01000. The molecule has 0 aromatic heterocycles. The molecule has 1 N–H and O–H groups in total. The van der Waals surface area contributed by atoms with Crippen LogP contribution in [0.5, 0.6) is 0 Å². The molecule has 0 radical (unpaired) electrons. The molecular formula is C16H26BrNS. The Balaban J connectivity index is 2.73. The van der Waals surface area contributed by atoms with Crippen LogP contribution in [0.15, 0.2) is 27.6 Å². The topological polar surface area (TPSA) is 12.0 Å². The molecule has 0 saturated heterocycles. The summed E-state index contributed by atoms with van der Waals surface area (Å²) in [5.41, 5.74) is 1.40. The summed E-state index contributed by atoms with van der Waals surface area (Å²) >= 11 is 5.56. The molecular weight excluding hydrogens is 318 g/mol. The number of thioether (sulfide) groups is 1. The lowest BCUT2D eigenvalue weighted by molar-refractivity contribution is 0.550. The van der Waals surface area contributed by atoms with E-state index in [1.165, 1.54) is 14.9 Å². The van der Waals surface area contributed by atoms with E-state index < -0.39 is 0 Å². The first-order chi connectivity index (χ1) is 8.90. The first-order valence-electron chi connectivity index (χ1n) is 7.06. The Morgan fingerprint density at radius 1 is 1.16 bits per heavy atom. The van der Waals surface area contributed by atoms with Crippen molar-refractivity contribution in [3.63, 3.8) is 0 Å². The van der Waals surface area contributed by atoms with Crippen molar-refractivity contribution in [3.8, 4) is 0 Å². The highest BCUT2D eigenvalue weighted by atomic mass is 79.9. The number of halogens is 1. The molecule has 0 bridgehead atoms. The minimum atomic E-state index is 0.637. The SMILES string of the molecule is CC(C)CNCc1ccc(Br)cc1SC(C)C(C)C. The molecule has 1 aromatic rings. The minimum Gasteiger partial charge on any atom is -0.312 e. The molecule has 0 aliphatic rings. The Labute approximate surface area is 131 Å². The highest BCUT2D eigenvalue weighted by Crippen LogP contribution is 2.32. The summed E-state index contributed by atoms with van der Waals surface area (Å²) in [6.45, 7) is 13.4. The Bertz CT molecular complexity index is 390. The van der Waals surface area contributed by atoms with Gasteiger partial charge in [0.1, 0.15) is 0 Å². The van der Waals surface area contributed by atoms with Gasteiger partial charge < -0.3 is 5.32 Å². The van der Waals surface area contributed by atoms with E-state index in [0.717, 1.165) is 13.1 Å². The first-order valence-corrected chi connectivity index (χ1v) is 8.73. The van der Waals surface area contributed by atoms with E-state index in [-0.39, 0.29) is 0 Å². The van der Waals surface area contributed by atoms with Crippen molar-refractivity contribution in [3.05, 3.63) is 28.2 Å². The summed E-state index contributed by atoms with van der Waals surface area (Å²) in [5, 5.41) is 4.17. The van der Waals surface area contributed by atoms with Crippen LogP contribution in [0.4, 0.5) is 0 Å². The van der Waals surface area contributed by atoms with Crippen LogP contribution in [0.3, 0.4) is 0 Å². The van der Waals surface area contributed by atoms with Gasteiger partial charge in [-0.1, -0.05) is 56.6 Å². The Morgan fingerprint density at radius 3 is 2.42 bits per heavy atom. The van der Waals surface area contributed by atoms with Gasteiger partial charge in [0.05, 0.1) is 0 Å². The maximum atomic E-state index is 3.58. The van der Waals surface area contributed by atoms with Crippen LogP contribution >= 0.6 is 27.7 Å². The highest BCUT2D eigenvalue weighted by Gasteiger charge is 2.12. The molecule has 0 fully saturated rings. The van der Waals surface area contributed by atoms with Gasteiger partial charge >= 0.3 is 0 Å². The van der Waals surface area contributed by atoms with Gasteiger partial charge in [-0.3, -0.25) is 0 Å². The van der Waals surface area contributed by atoms with Gasteiger partial charge in [-0.05, 0) is 36.1 Å². The lowest BCUT2D eigenvalue weighted by Gasteiger charge is -2.18. The van der Waals surface area contributed by atoms with Crippen molar-refractivity contribution in [2.75, 3.05) is 6.54 Å². The standard InChI is InChI=1S/C16H26BrNS/c1-11(2)9-18-10-14-6-7-15(17)8-16(14)19-13(5)12(3)4/h6-8,11-13,18H,9-10H2,1-5H3. The molecule has 1 rings (SSSR count). The number of hydrogen-bond acceptors (Lipinski definition) is 2. The largest absolute Gasteiger partial charge is 0.312 e. The third-order valence-electron chi connectivity index (χ3n) is 3.15. The number of benzene rings is 1. The van der Waals surface area contributed by atoms with Gasteiger partial charge in [0, 0.05) is 21.2 Å². The van der Waals surface area contributed by atoms with Crippen molar-refractivity contribution in [2.45, 2.75) is 51.3 Å². The lowest BCUT2D eigenvalue weighted by atomic mass is 10.1. The normalized spacial score (nSPS) is 13.3. The molecule has 0 aliphatic carbocycles. The minimum absolute atomic E-state index is 0.637. The number of hydrogen-bond donors (Lipinski definition) is 1. The van der Waals surface area contributed by atoms with Crippen LogP contribution in [0.25, 0.3) is 0 Å². The maximum absolute atomic E-state index is 3.58. The van der Waals surface area contributed by atoms with Crippen LogP contribution in [-0.2, 0) is 6.54 Å². The molecule has 1 unspecified atom stereocenters. The van der Waals surface area contributed by atoms with Crippen molar-refractivity contribution in [2.24, 2.45) is 11.8 Å². The smallest absolute Gasteiger partial charge is 0.0216 e. The third-order valence-corrected chi connectivity index (χ3v) is 5.19. The molecule has 0 spiro atoms. The van der Waals surface area contributed by atoms with E-state index in [0.29, 0.717) is 17.1 Å². The summed E-state index contributed by atoms with van der Waals surface area (Å²) in [6, 6.07) is 6.61. The molecule has 3 heteroatoms. The van der Waals surface area contributed by atoms with E-state index in [1.807, 2.05) is 11.8 Å². The van der Waals surface area contributed by atoms with E-state index in [1.54, 1.807) is 0 Å². The van der Waals surface area contributed by atoms with Crippen molar-refractivity contribution in [1.82, 2.24) is 5.32 Å². The summed E-state index contributed by atoms with van der Waals surface area (Å²) in [4.78, 5) is 1.40. The van der Waals surface area contributed by atoms with Gasteiger partial charge in [-0.25, -0.2) is 0 Å². The monoisotopic (exact) mass is 343 g/mol. The van der Waals surface area contributed by atoms with Gasteiger partial charge in [0.25, 0.3) is 0 Å². The van der Waals surface area contributed by atoms with Crippen molar-refractivity contribution in [1.29, 1.82) is 0 Å². The Kier molecular flexibility index (Phi) is 7.48. The molecule has 19 heavy (non-hydrogen) atoms. The molecule has 1 atom stereocenters. The molecule has 0 aliphatic heterocycles. The quantitative estimate of drug-likeness (QED) is 0.671. The van der Waals surface area contributed by atoms with Crippen LogP contribution in [-0.4, -0.2) is 11.8 Å². The maximum Gasteiger partial charge on any atom is 0.0216 e. The van der Waals surface area contributed by atoms with Gasteiger partial charge in [-0.2, -0.15) is 0 Å². The van der Waals surface area contributed by atoms with E-state index in [2.05, 4.69) is 74.1 Å². The van der Waals surface area contributed by atoms with Gasteiger partial charge in [0.15, 0.2) is 0 Å². The third kappa shape index (κ3) is 6.33. The predicted molar refractivity (Wildman–Crippen MR) is 90.8 cm³/mol. The zero-order valence-electron chi connectivity index (χ0n) is 12.7. The molecule has 0 amide bonds. The average Bonchev–Trinajstić information content (AvgIpc) is 2.31. The van der Waals surface area contributed by atoms with Gasteiger partial charge in [-0.15, -0.1) is 11.8 Å². The molecule has 108 valence electrons. The second-order valence-corrected chi connectivity index (χ2v) is 8.18. The average molecular weight is 344 g/mol. The first kappa shape index (κ1) is 17.1. The fourth-order valence-electron chi connectivity index (χ4n) is 1.62. The predicted octanol–water partition coefficient (Wildman–Crippen LogP) is 5.33. The summed E-state index contributed by atoms with van der Waals surface area (Å²) < 4.78 is 1.17. The van der Waals surface area contributed by atoms with E-state index in [9.17, 15) is 0 Å². The summed E-state index contributed by atoms with van der Waals surface area (Å²) in [6.07, 6.45) is 0. The van der Waals surface area contributed by atoms with Crippen molar-refractivity contribution >= 4 is 27.7 Å². The van der Waals surface area contributed by atoms with Crippen LogP contribution in [0.2, 0.25) is 0 Å².